The molecule has 116 valence electrons. The van der Waals surface area contributed by atoms with E-state index >= 15 is 0 Å². The van der Waals surface area contributed by atoms with Crippen LogP contribution in [-0.2, 0) is 4.74 Å². The molecule has 0 bridgehead atoms. The van der Waals surface area contributed by atoms with Gasteiger partial charge in [0.15, 0.2) is 0 Å². The topological polar surface area (TPSA) is 53.0 Å². The van der Waals surface area contributed by atoms with Crippen LogP contribution in [0.4, 0.5) is 10.5 Å². The Labute approximate surface area is 126 Å². The molecule has 0 atom stereocenters. The smallest absolute Gasteiger partial charge is 0.409 e. The van der Waals surface area contributed by atoms with E-state index in [2.05, 4.69) is 11.8 Å². The molecule has 21 heavy (non-hydrogen) atoms. The lowest BCUT2D eigenvalue weighted by molar-refractivity contribution is 0.0986. The number of amides is 1. The van der Waals surface area contributed by atoms with Gasteiger partial charge in [0.1, 0.15) is 5.75 Å². The van der Waals surface area contributed by atoms with E-state index in [1.807, 2.05) is 12.1 Å². The van der Waals surface area contributed by atoms with Crippen molar-refractivity contribution in [3.05, 3.63) is 24.3 Å². The molecule has 0 radical (unpaired) electrons. The largest absolute Gasteiger partial charge is 0.508 e. The quantitative estimate of drug-likeness (QED) is 0.848. The molecule has 1 N–H and O–H groups in total. The Bertz CT molecular complexity index is 439. The molecule has 0 spiro atoms. The average Bonchev–Trinajstić information content (AvgIpc) is 2.52. The van der Waals surface area contributed by atoms with Crippen LogP contribution in [-0.4, -0.2) is 48.9 Å². The number of anilines is 1. The maximum atomic E-state index is 11.9. The van der Waals surface area contributed by atoms with Crippen LogP contribution < -0.4 is 4.90 Å². The van der Waals surface area contributed by atoms with E-state index in [1.54, 1.807) is 17.0 Å². The van der Waals surface area contributed by atoms with Crippen LogP contribution >= 0.6 is 0 Å². The number of carbonyl (C=O) groups is 1. The van der Waals surface area contributed by atoms with Crippen molar-refractivity contribution in [3.63, 3.8) is 0 Å². The zero-order chi connectivity index (χ0) is 15.1. The summed E-state index contributed by atoms with van der Waals surface area (Å²) in [5.41, 5.74) is 1.07. The molecule has 1 aliphatic rings. The fourth-order valence-electron chi connectivity index (χ4n) is 2.41. The van der Waals surface area contributed by atoms with Gasteiger partial charge in [-0.05, 0) is 30.7 Å². The Balaban J connectivity index is 1.75. The summed E-state index contributed by atoms with van der Waals surface area (Å²) in [5, 5.41) is 9.30. The first-order valence-corrected chi connectivity index (χ1v) is 7.66. The zero-order valence-corrected chi connectivity index (χ0v) is 12.6. The van der Waals surface area contributed by atoms with Crippen LogP contribution in [0.3, 0.4) is 0 Å². The molecule has 1 aromatic carbocycles. The minimum absolute atomic E-state index is 0.198. The van der Waals surface area contributed by atoms with Crippen LogP contribution in [0, 0.1) is 0 Å². The molecule has 1 amide bonds. The van der Waals surface area contributed by atoms with Gasteiger partial charge in [-0.3, -0.25) is 0 Å². The number of aromatic hydroxyl groups is 1. The van der Waals surface area contributed by atoms with Gasteiger partial charge in [-0.2, -0.15) is 0 Å². The molecule has 5 nitrogen and oxygen atoms in total. The lowest BCUT2D eigenvalue weighted by Gasteiger charge is -2.35. The van der Waals surface area contributed by atoms with Crippen LogP contribution in [0.15, 0.2) is 24.3 Å². The zero-order valence-electron chi connectivity index (χ0n) is 12.6. The number of phenolic OH excluding ortho intramolecular Hbond substituents is 1. The van der Waals surface area contributed by atoms with E-state index in [-0.39, 0.29) is 11.8 Å². The Hall–Kier alpha value is -1.91. The maximum Gasteiger partial charge on any atom is 0.409 e. The summed E-state index contributed by atoms with van der Waals surface area (Å²) in [4.78, 5) is 15.9. The molecule has 1 aliphatic heterocycles. The number of carbonyl (C=O) groups excluding carboxylic acids is 1. The Morgan fingerprint density at radius 2 is 1.81 bits per heavy atom. The van der Waals surface area contributed by atoms with E-state index in [4.69, 9.17) is 4.74 Å². The normalized spacial score (nSPS) is 15.1. The molecule has 1 saturated heterocycles. The lowest BCUT2D eigenvalue weighted by atomic mass is 10.2. The molecule has 0 saturated carbocycles. The first-order chi connectivity index (χ1) is 10.2. The number of phenols is 1. The van der Waals surface area contributed by atoms with Gasteiger partial charge in [-0.1, -0.05) is 19.8 Å². The highest BCUT2D eigenvalue weighted by Gasteiger charge is 2.22. The molecule has 1 fully saturated rings. The van der Waals surface area contributed by atoms with E-state index in [0.717, 1.165) is 38.0 Å². The lowest BCUT2D eigenvalue weighted by Crippen LogP contribution is -2.49. The van der Waals surface area contributed by atoms with Crippen molar-refractivity contribution in [1.29, 1.82) is 0 Å². The molecule has 0 aliphatic carbocycles. The second-order valence-electron chi connectivity index (χ2n) is 5.31. The van der Waals surface area contributed by atoms with Crippen LogP contribution in [0.1, 0.15) is 26.2 Å². The summed E-state index contributed by atoms with van der Waals surface area (Å²) in [6, 6.07) is 7.16. The summed E-state index contributed by atoms with van der Waals surface area (Å²) >= 11 is 0. The molecular weight excluding hydrogens is 268 g/mol. The average molecular weight is 292 g/mol. The second kappa shape index (κ2) is 7.76. The Kier molecular flexibility index (Phi) is 5.72. The number of piperazine rings is 1. The Morgan fingerprint density at radius 1 is 1.14 bits per heavy atom. The summed E-state index contributed by atoms with van der Waals surface area (Å²) in [7, 11) is 0. The van der Waals surface area contributed by atoms with Gasteiger partial charge in [-0.15, -0.1) is 0 Å². The summed E-state index contributed by atoms with van der Waals surface area (Å²) in [6.45, 7) is 5.57. The highest BCUT2D eigenvalue weighted by molar-refractivity contribution is 5.68. The van der Waals surface area contributed by atoms with Crippen molar-refractivity contribution in [2.45, 2.75) is 26.2 Å². The minimum Gasteiger partial charge on any atom is -0.508 e. The van der Waals surface area contributed by atoms with Gasteiger partial charge in [0.25, 0.3) is 0 Å². The third kappa shape index (κ3) is 4.55. The fourth-order valence-corrected chi connectivity index (χ4v) is 2.41. The van der Waals surface area contributed by atoms with Crippen molar-refractivity contribution in [2.24, 2.45) is 0 Å². The molecular formula is C16H24N2O3. The van der Waals surface area contributed by atoms with Crippen molar-refractivity contribution in [2.75, 3.05) is 37.7 Å². The predicted octanol–water partition coefficient (Wildman–Crippen LogP) is 2.84. The Morgan fingerprint density at radius 3 is 2.43 bits per heavy atom. The monoisotopic (exact) mass is 292 g/mol. The minimum atomic E-state index is -0.198. The van der Waals surface area contributed by atoms with E-state index in [0.29, 0.717) is 19.7 Å². The highest BCUT2D eigenvalue weighted by atomic mass is 16.6. The molecule has 0 aromatic heterocycles. The number of hydrogen-bond donors (Lipinski definition) is 1. The number of ether oxygens (including phenoxy) is 1. The third-order valence-electron chi connectivity index (χ3n) is 3.73. The number of benzene rings is 1. The van der Waals surface area contributed by atoms with E-state index < -0.39 is 0 Å². The number of unbranched alkanes of at least 4 members (excludes halogenated alkanes) is 2. The standard InChI is InChI=1S/C16H24N2O3/c1-2-3-4-13-21-16(20)18-11-9-17(10-12-18)14-5-7-15(19)8-6-14/h5-8,19H,2-4,9-13H2,1H3. The van der Waals surface area contributed by atoms with Crippen molar-refractivity contribution in [3.8, 4) is 5.75 Å². The molecule has 1 heterocycles. The van der Waals surface area contributed by atoms with Crippen molar-refractivity contribution < 1.29 is 14.6 Å². The summed E-state index contributed by atoms with van der Waals surface area (Å²) in [6.07, 6.45) is 2.97. The fraction of sp³-hybridized carbons (Fsp3) is 0.562. The van der Waals surface area contributed by atoms with E-state index in [9.17, 15) is 9.90 Å². The molecule has 5 heteroatoms. The predicted molar refractivity (Wildman–Crippen MR) is 82.8 cm³/mol. The second-order valence-corrected chi connectivity index (χ2v) is 5.31. The van der Waals surface area contributed by atoms with Gasteiger partial charge < -0.3 is 19.6 Å². The van der Waals surface area contributed by atoms with Crippen molar-refractivity contribution in [1.82, 2.24) is 4.90 Å². The summed E-state index contributed by atoms with van der Waals surface area (Å²) in [5.74, 6) is 0.271. The van der Waals surface area contributed by atoms with Gasteiger partial charge in [0.05, 0.1) is 6.61 Å². The molecule has 2 rings (SSSR count). The molecule has 1 aromatic rings. The van der Waals surface area contributed by atoms with Crippen LogP contribution in [0.2, 0.25) is 0 Å². The maximum absolute atomic E-state index is 11.9. The highest BCUT2D eigenvalue weighted by Crippen LogP contribution is 2.19. The van der Waals surface area contributed by atoms with Gasteiger partial charge in [0.2, 0.25) is 0 Å². The van der Waals surface area contributed by atoms with Crippen molar-refractivity contribution >= 4 is 11.8 Å². The summed E-state index contributed by atoms with van der Waals surface area (Å²) < 4.78 is 5.28. The van der Waals surface area contributed by atoms with E-state index in [1.165, 1.54) is 0 Å². The van der Waals surface area contributed by atoms with Gasteiger partial charge in [0, 0.05) is 31.9 Å². The van der Waals surface area contributed by atoms with Gasteiger partial charge in [-0.25, -0.2) is 4.79 Å². The first kappa shape index (κ1) is 15.5. The first-order valence-electron chi connectivity index (χ1n) is 7.66. The number of rotatable bonds is 5. The number of nitrogens with zero attached hydrogens (tertiary/aromatic N) is 2. The van der Waals surface area contributed by atoms with Crippen LogP contribution in [0.25, 0.3) is 0 Å². The SMILES string of the molecule is CCCCCOC(=O)N1CCN(c2ccc(O)cc2)CC1. The number of hydrogen-bond acceptors (Lipinski definition) is 4. The van der Waals surface area contributed by atoms with Gasteiger partial charge >= 0.3 is 6.09 Å². The third-order valence-corrected chi connectivity index (χ3v) is 3.73. The molecule has 0 unspecified atom stereocenters. The van der Waals surface area contributed by atoms with Crippen LogP contribution in [0.5, 0.6) is 5.75 Å².